The summed E-state index contributed by atoms with van der Waals surface area (Å²) in [4.78, 5) is 5.27. The van der Waals surface area contributed by atoms with Crippen LogP contribution in [0.4, 0.5) is 0 Å². The molecule has 0 spiro atoms. The van der Waals surface area contributed by atoms with Crippen molar-refractivity contribution in [1.82, 2.24) is 9.80 Å². The lowest BCUT2D eigenvalue weighted by Gasteiger charge is -2.47. The SMILES string of the molecule is CCCN1C[C@@H](COS(=O)(=O)c2ccc(C)cc2)O[C@@H]2Cc3c(cccc3OC)C[C@H]21.CCCN1C[C@@H](CSC)O[C@@H]2Cc3c(cccc3OC)C[C@H]21. The van der Waals surface area contributed by atoms with Crippen LogP contribution in [0.25, 0.3) is 0 Å². The molecule has 2 saturated heterocycles. The van der Waals surface area contributed by atoms with E-state index in [1.165, 1.54) is 35.2 Å². The maximum Gasteiger partial charge on any atom is 0.297 e. The van der Waals surface area contributed by atoms with Crippen LogP contribution in [0.15, 0.2) is 65.6 Å². The molecule has 53 heavy (non-hydrogen) atoms. The number of rotatable bonds is 12. The van der Waals surface area contributed by atoms with E-state index in [1.807, 2.05) is 30.8 Å². The normalized spacial score (nSPS) is 25.5. The molecule has 290 valence electrons. The average molecular weight is 767 g/mol. The maximum atomic E-state index is 12.6. The average Bonchev–Trinajstić information content (AvgIpc) is 3.16. The van der Waals surface area contributed by atoms with Crippen molar-refractivity contribution < 1.29 is 31.5 Å². The van der Waals surface area contributed by atoms with Crippen LogP contribution in [-0.2, 0) is 49.5 Å². The number of ether oxygens (including phenoxy) is 4. The van der Waals surface area contributed by atoms with Crippen LogP contribution in [0.3, 0.4) is 0 Å². The van der Waals surface area contributed by atoms with Gasteiger partial charge in [0.25, 0.3) is 10.1 Å². The Balaban J connectivity index is 0.000000192. The summed E-state index contributed by atoms with van der Waals surface area (Å²) >= 11 is 1.88. The third-order valence-corrected chi connectivity index (χ3v) is 13.1. The van der Waals surface area contributed by atoms with E-state index in [0.717, 1.165) is 68.0 Å². The maximum absolute atomic E-state index is 12.6. The molecule has 9 nitrogen and oxygen atoms in total. The molecular weight excluding hydrogens is 709 g/mol. The molecular formula is C42H58N2O7S2. The molecule has 0 radical (unpaired) electrons. The summed E-state index contributed by atoms with van der Waals surface area (Å²) in [7, 11) is -0.352. The predicted octanol–water partition coefficient (Wildman–Crippen LogP) is 6.36. The van der Waals surface area contributed by atoms with E-state index in [2.05, 4.69) is 54.2 Å². The number of thioether (sulfide) groups is 1. The molecule has 0 aromatic heterocycles. The summed E-state index contributed by atoms with van der Waals surface area (Å²) < 4.78 is 54.6. The van der Waals surface area contributed by atoms with Gasteiger partial charge < -0.3 is 18.9 Å². The van der Waals surface area contributed by atoms with E-state index in [0.29, 0.717) is 24.8 Å². The Bertz CT molecular complexity index is 1750. The van der Waals surface area contributed by atoms with E-state index in [4.69, 9.17) is 23.1 Å². The number of morpholine rings is 2. The van der Waals surface area contributed by atoms with Crippen molar-refractivity contribution >= 4 is 21.9 Å². The quantitative estimate of drug-likeness (QED) is 0.194. The molecule has 11 heteroatoms. The summed E-state index contributed by atoms with van der Waals surface area (Å²) in [6.07, 6.45) is 8.49. The lowest BCUT2D eigenvalue weighted by molar-refractivity contribution is -0.132. The summed E-state index contributed by atoms with van der Waals surface area (Å²) in [5.41, 5.74) is 6.29. The highest BCUT2D eigenvalue weighted by Gasteiger charge is 2.42. The second-order valence-corrected chi connectivity index (χ2v) is 17.3. The second-order valence-electron chi connectivity index (χ2n) is 14.7. The second kappa shape index (κ2) is 18.3. The fourth-order valence-corrected chi connectivity index (χ4v) is 10.1. The van der Waals surface area contributed by atoms with Gasteiger partial charge in [0.05, 0.1) is 50.1 Å². The van der Waals surface area contributed by atoms with Gasteiger partial charge in [0.2, 0.25) is 0 Å². The first-order valence-corrected chi connectivity index (χ1v) is 22.0. The Morgan fingerprint density at radius 2 is 1.25 bits per heavy atom. The molecule has 0 unspecified atom stereocenters. The van der Waals surface area contributed by atoms with E-state index in [9.17, 15) is 8.42 Å². The highest BCUT2D eigenvalue weighted by atomic mass is 32.2. The van der Waals surface area contributed by atoms with Crippen molar-refractivity contribution in [3.05, 3.63) is 88.5 Å². The first-order chi connectivity index (χ1) is 25.7. The monoisotopic (exact) mass is 766 g/mol. The first kappa shape index (κ1) is 40.0. The van der Waals surface area contributed by atoms with Crippen LogP contribution in [0.5, 0.6) is 11.5 Å². The van der Waals surface area contributed by atoms with Gasteiger partial charge in [-0.15, -0.1) is 0 Å². The van der Waals surface area contributed by atoms with Crippen LogP contribution >= 0.6 is 11.8 Å². The minimum atomic E-state index is -3.81. The van der Waals surface area contributed by atoms with Crippen LogP contribution in [-0.4, -0.2) is 114 Å². The molecule has 2 aliphatic heterocycles. The zero-order valence-corrected chi connectivity index (χ0v) is 33.9. The molecule has 0 N–H and O–H groups in total. The summed E-state index contributed by atoms with van der Waals surface area (Å²) in [6.45, 7) is 10.2. The van der Waals surface area contributed by atoms with Gasteiger partial charge in [-0.3, -0.25) is 14.0 Å². The lowest BCUT2D eigenvalue weighted by Crippen LogP contribution is -2.59. The molecule has 2 fully saturated rings. The fourth-order valence-electron chi connectivity index (χ4n) is 8.62. The van der Waals surface area contributed by atoms with E-state index < -0.39 is 10.1 Å². The minimum Gasteiger partial charge on any atom is -0.496 e. The Labute approximate surface area is 321 Å². The number of methoxy groups -OCH3 is 2. The predicted molar refractivity (Wildman–Crippen MR) is 212 cm³/mol. The van der Waals surface area contributed by atoms with Crippen LogP contribution in [0.2, 0.25) is 0 Å². The molecule has 7 rings (SSSR count). The molecule has 3 aromatic carbocycles. The standard InChI is InChI=1S/C24H31NO5S.C18H27NO2S/c1-4-12-25-15-19(16-29-31(26,27)20-10-8-17(2)9-11-20)30-24-14-21-18(13-22(24)25)6-5-7-23(21)28-3;1-4-8-19-11-14(12-22-3)21-18-10-15-13(9-16(18)19)6-5-7-17(15)20-2/h5-11,19,22,24H,4,12-16H2,1-3H3;5-7,14,16,18H,4,8-12H2,1-3H3/t19-,22+,24+;14-,16+,18+/m00/s1. The van der Waals surface area contributed by atoms with Gasteiger partial charge in [-0.2, -0.15) is 20.2 Å². The van der Waals surface area contributed by atoms with Crippen LogP contribution in [0, 0.1) is 6.92 Å². The molecule has 0 saturated carbocycles. The zero-order valence-electron chi connectivity index (χ0n) is 32.3. The highest BCUT2D eigenvalue weighted by molar-refractivity contribution is 7.98. The Morgan fingerprint density at radius 1 is 0.736 bits per heavy atom. The lowest BCUT2D eigenvalue weighted by atomic mass is 9.83. The summed E-state index contributed by atoms with van der Waals surface area (Å²) in [6, 6.07) is 20.1. The highest BCUT2D eigenvalue weighted by Crippen LogP contribution is 2.37. The number of fused-ring (bicyclic) bond motifs is 4. The van der Waals surface area contributed by atoms with E-state index >= 15 is 0 Å². The first-order valence-electron chi connectivity index (χ1n) is 19.2. The number of hydrogen-bond acceptors (Lipinski definition) is 10. The molecule has 2 heterocycles. The minimum absolute atomic E-state index is 0.0123. The Morgan fingerprint density at radius 3 is 1.74 bits per heavy atom. The zero-order chi connectivity index (χ0) is 37.5. The molecule has 0 amide bonds. The van der Waals surface area contributed by atoms with E-state index in [-0.39, 0.29) is 29.8 Å². The number of benzene rings is 3. The van der Waals surface area contributed by atoms with Crippen LogP contribution < -0.4 is 9.47 Å². The largest absolute Gasteiger partial charge is 0.496 e. The molecule has 0 bridgehead atoms. The van der Waals surface area contributed by atoms with Gasteiger partial charge in [0.1, 0.15) is 11.5 Å². The van der Waals surface area contributed by atoms with E-state index in [1.54, 1.807) is 38.5 Å². The van der Waals surface area contributed by atoms with Crippen LogP contribution in [0.1, 0.15) is 54.5 Å². The van der Waals surface area contributed by atoms with Crippen molar-refractivity contribution in [3.8, 4) is 11.5 Å². The van der Waals surface area contributed by atoms with Gasteiger partial charge in [-0.25, -0.2) is 0 Å². The molecule has 6 atom stereocenters. The van der Waals surface area contributed by atoms with Crippen molar-refractivity contribution in [1.29, 1.82) is 0 Å². The number of aryl methyl sites for hydroxylation is 1. The number of hydrogen-bond donors (Lipinski definition) is 0. The Kier molecular flexibility index (Phi) is 13.8. The summed E-state index contributed by atoms with van der Waals surface area (Å²) in [5, 5.41) is 0. The molecule has 3 aromatic rings. The molecule has 4 aliphatic rings. The fraction of sp³-hybridized carbons (Fsp3) is 0.571. The summed E-state index contributed by atoms with van der Waals surface area (Å²) in [5.74, 6) is 3.00. The van der Waals surface area contributed by atoms with Gasteiger partial charge >= 0.3 is 0 Å². The van der Waals surface area contributed by atoms with Gasteiger partial charge in [-0.05, 0) is 98.5 Å². The molecule has 2 aliphatic carbocycles. The van der Waals surface area contributed by atoms with Gasteiger partial charge in [0, 0.05) is 43.8 Å². The van der Waals surface area contributed by atoms with Crippen molar-refractivity contribution in [2.24, 2.45) is 0 Å². The van der Waals surface area contributed by atoms with Crippen molar-refractivity contribution in [3.63, 3.8) is 0 Å². The van der Waals surface area contributed by atoms with Crippen molar-refractivity contribution in [2.75, 3.05) is 59.0 Å². The third kappa shape index (κ3) is 9.43. The number of nitrogens with zero attached hydrogens (tertiary/aromatic N) is 2. The van der Waals surface area contributed by atoms with Gasteiger partial charge in [-0.1, -0.05) is 55.8 Å². The van der Waals surface area contributed by atoms with Crippen molar-refractivity contribution in [2.45, 2.75) is 101 Å². The smallest absolute Gasteiger partial charge is 0.297 e. The third-order valence-electron chi connectivity index (χ3n) is 11.1. The van der Waals surface area contributed by atoms with Gasteiger partial charge in [0.15, 0.2) is 0 Å². The topological polar surface area (TPSA) is 86.8 Å². The Hall–Kier alpha value is -2.64.